The molecule has 0 aliphatic carbocycles. The van der Waals surface area contributed by atoms with Crippen molar-refractivity contribution in [3.05, 3.63) is 18.6 Å². The zero-order valence-corrected chi connectivity index (χ0v) is 9.24. The summed E-state index contributed by atoms with van der Waals surface area (Å²) in [4.78, 5) is 0. The van der Waals surface area contributed by atoms with Gasteiger partial charge in [-0.2, -0.15) is 0 Å². The van der Waals surface area contributed by atoms with Gasteiger partial charge in [0.15, 0.2) is 0 Å². The molecule has 1 heterocycles. The van der Waals surface area contributed by atoms with Gasteiger partial charge in [0.2, 0.25) is 0 Å². The fraction of sp³-hybridized carbons (Fsp3) is 0.500. The molecule has 0 aromatic rings. The Hall–Kier alpha value is 0.0696. The van der Waals surface area contributed by atoms with Crippen LogP contribution >= 0.6 is 0 Å². The zero-order valence-electron chi connectivity index (χ0n) is 6.91. The van der Waals surface area contributed by atoms with E-state index in [4.69, 9.17) is 0 Å². The van der Waals surface area contributed by atoms with E-state index in [0.29, 0.717) is 0 Å². The van der Waals surface area contributed by atoms with Crippen molar-refractivity contribution in [2.24, 2.45) is 0 Å². The quantitative estimate of drug-likeness (QED) is 0.647. The Kier molecular flexibility index (Phi) is 2.44. The molecule has 0 spiro atoms. The predicted molar refractivity (Wildman–Crippen MR) is 45.6 cm³/mol. The Labute approximate surface area is 72.7 Å². The summed E-state index contributed by atoms with van der Waals surface area (Å²) in [7, 11) is 0. The minimum absolute atomic E-state index is 0.0349. The minimum atomic E-state index is 0.0349. The van der Waals surface area contributed by atoms with Crippen molar-refractivity contribution in [3.8, 4) is 0 Å². The molecule has 1 aliphatic heterocycles. The summed E-state index contributed by atoms with van der Waals surface area (Å²) in [5.41, 5.74) is 2.76. The van der Waals surface area contributed by atoms with Gasteiger partial charge in [-0.1, -0.05) is 0 Å². The van der Waals surface area contributed by atoms with Gasteiger partial charge in [0, 0.05) is 0 Å². The first-order valence-electron chi connectivity index (χ1n) is 3.41. The maximum absolute atomic E-state index is 3.37. The molecule has 0 atom stereocenters. The van der Waals surface area contributed by atoms with Gasteiger partial charge < -0.3 is 0 Å². The van der Waals surface area contributed by atoms with Gasteiger partial charge in [-0.25, -0.2) is 0 Å². The van der Waals surface area contributed by atoms with Crippen LogP contribution in [0.15, 0.2) is 18.6 Å². The number of hydrogen-bond donors (Lipinski definition) is 1. The normalized spacial score (nSPS) is 19.6. The van der Waals surface area contributed by atoms with Crippen LogP contribution in [0, 0.1) is 0 Å². The molecule has 0 aromatic carbocycles. The number of nitrogens with one attached hydrogen (secondary N) is 1. The summed E-state index contributed by atoms with van der Waals surface area (Å²) in [5.74, 6) is 0. The van der Waals surface area contributed by atoms with Crippen molar-refractivity contribution in [2.45, 2.75) is 27.7 Å². The van der Waals surface area contributed by atoms with Crippen LogP contribution in [-0.2, 0) is 0 Å². The Morgan fingerprint density at radius 2 is 1.30 bits per heavy atom. The van der Waals surface area contributed by atoms with Gasteiger partial charge in [-0.3, -0.25) is 0 Å². The van der Waals surface area contributed by atoms with Crippen LogP contribution in [0.25, 0.3) is 0 Å². The van der Waals surface area contributed by atoms with E-state index in [1.807, 2.05) is 0 Å². The van der Waals surface area contributed by atoms with Crippen molar-refractivity contribution >= 4 is 20.9 Å². The third kappa shape index (κ3) is 1.56. The molecule has 1 rings (SSSR count). The number of allylic oxidation sites excluding steroid dienone is 4. The molecular weight excluding hydrogens is 238 g/mol. The van der Waals surface area contributed by atoms with Gasteiger partial charge in [-0.05, 0) is 0 Å². The zero-order chi connectivity index (χ0) is 7.72. The van der Waals surface area contributed by atoms with Crippen molar-refractivity contribution in [1.82, 2.24) is 5.32 Å². The Morgan fingerprint density at radius 1 is 0.900 bits per heavy atom. The molecule has 0 saturated carbocycles. The molecule has 0 unspecified atom stereocenters. The van der Waals surface area contributed by atoms with Crippen LogP contribution in [0.5, 0.6) is 0 Å². The molecule has 0 fully saturated rings. The van der Waals surface area contributed by atoms with E-state index in [2.05, 4.69) is 33.0 Å². The molecular formula is C8H13NTe. The molecule has 2 heteroatoms. The predicted octanol–water partition coefficient (Wildman–Crippen LogP) is 1.80. The number of hydrogen-bond acceptors (Lipinski definition) is 1. The van der Waals surface area contributed by atoms with Crippen LogP contribution in [-0.4, -0.2) is 20.9 Å². The number of rotatable bonds is 0. The van der Waals surface area contributed by atoms with Crippen molar-refractivity contribution < 1.29 is 0 Å². The molecule has 0 saturated heterocycles. The fourth-order valence-corrected chi connectivity index (χ4v) is 3.32. The monoisotopic (exact) mass is 253 g/mol. The van der Waals surface area contributed by atoms with Crippen LogP contribution in [0.4, 0.5) is 0 Å². The summed E-state index contributed by atoms with van der Waals surface area (Å²) in [6.07, 6.45) is 0. The van der Waals surface area contributed by atoms with Crippen LogP contribution in [0.1, 0.15) is 27.7 Å². The third-order valence-corrected chi connectivity index (χ3v) is 5.23. The van der Waals surface area contributed by atoms with E-state index < -0.39 is 0 Å². The van der Waals surface area contributed by atoms with Crippen LogP contribution < -0.4 is 5.32 Å². The first-order chi connectivity index (χ1) is 4.61. The molecule has 1 N–H and O–H groups in total. The van der Waals surface area contributed by atoms with Gasteiger partial charge >= 0.3 is 72.6 Å². The molecule has 0 aromatic heterocycles. The topological polar surface area (TPSA) is 12.0 Å². The second-order valence-electron chi connectivity index (χ2n) is 2.59. The average Bonchev–Trinajstić information content (AvgIpc) is 1.84. The fourth-order valence-electron chi connectivity index (χ4n) is 0.840. The summed E-state index contributed by atoms with van der Waals surface area (Å²) >= 11 is 0.0349. The van der Waals surface area contributed by atoms with Gasteiger partial charge in [-0.15, -0.1) is 0 Å². The van der Waals surface area contributed by atoms with E-state index >= 15 is 0 Å². The van der Waals surface area contributed by atoms with E-state index in [9.17, 15) is 0 Å². The maximum atomic E-state index is 3.37. The summed E-state index contributed by atoms with van der Waals surface area (Å²) in [6, 6.07) is 0. The van der Waals surface area contributed by atoms with E-state index in [1.54, 1.807) is 7.24 Å². The first kappa shape index (κ1) is 8.17. The molecule has 0 bridgehead atoms. The standard InChI is InChI=1S/C8H13NTe/c1-5-7(3)10-8(4)6(2)9-5/h9H,1-4H3. The van der Waals surface area contributed by atoms with Gasteiger partial charge in [0.05, 0.1) is 0 Å². The Balaban J connectivity index is 2.81. The average molecular weight is 251 g/mol. The summed E-state index contributed by atoms with van der Waals surface area (Å²) < 4.78 is 3.18. The molecule has 56 valence electrons. The van der Waals surface area contributed by atoms with Crippen molar-refractivity contribution in [3.63, 3.8) is 0 Å². The second-order valence-corrected chi connectivity index (χ2v) is 6.67. The van der Waals surface area contributed by atoms with E-state index in [0.717, 1.165) is 0 Å². The van der Waals surface area contributed by atoms with Gasteiger partial charge in [0.1, 0.15) is 0 Å². The Morgan fingerprint density at radius 3 is 1.60 bits per heavy atom. The molecule has 0 radical (unpaired) electrons. The third-order valence-electron chi connectivity index (χ3n) is 1.74. The second kappa shape index (κ2) is 2.98. The Bertz CT molecular complexity index is 169. The first-order valence-corrected chi connectivity index (χ1v) is 5.74. The van der Waals surface area contributed by atoms with Crippen LogP contribution in [0.3, 0.4) is 0 Å². The van der Waals surface area contributed by atoms with Gasteiger partial charge in [0.25, 0.3) is 0 Å². The molecule has 10 heavy (non-hydrogen) atoms. The molecule has 1 nitrogen and oxygen atoms in total. The van der Waals surface area contributed by atoms with E-state index in [-0.39, 0.29) is 20.9 Å². The molecule has 0 amide bonds. The molecule has 1 aliphatic rings. The van der Waals surface area contributed by atoms with E-state index in [1.165, 1.54) is 11.4 Å². The summed E-state index contributed by atoms with van der Waals surface area (Å²) in [6.45, 7) is 8.80. The summed E-state index contributed by atoms with van der Waals surface area (Å²) in [5, 5.41) is 3.37. The van der Waals surface area contributed by atoms with Crippen molar-refractivity contribution in [2.75, 3.05) is 0 Å². The van der Waals surface area contributed by atoms with Crippen molar-refractivity contribution in [1.29, 1.82) is 0 Å². The SMILES string of the molecule is CC1=C(C)[Te]C(C)=C(C)N1. The van der Waals surface area contributed by atoms with Crippen LogP contribution in [0.2, 0.25) is 0 Å².